The highest BCUT2D eigenvalue weighted by atomic mass is 35.5. The molecule has 0 unspecified atom stereocenters. The zero-order valence-electron chi connectivity index (χ0n) is 9.64. The van der Waals surface area contributed by atoms with E-state index in [0.29, 0.717) is 5.02 Å². The topological polar surface area (TPSA) is 39.0 Å². The fraction of sp³-hybridized carbons (Fsp3) is 0.133. The van der Waals surface area contributed by atoms with Crippen LogP contribution in [-0.2, 0) is 0 Å². The van der Waals surface area contributed by atoms with E-state index in [1.807, 2.05) is 54.6 Å². The van der Waals surface area contributed by atoms with Crippen LogP contribution in [0.15, 0.2) is 54.6 Å². The number of rotatable bonds is 3. The van der Waals surface area contributed by atoms with Crippen LogP contribution in [0, 0.1) is 0 Å². The third-order valence-electron chi connectivity index (χ3n) is 3.16. The molecule has 0 aliphatic carbocycles. The van der Waals surface area contributed by atoms with Crippen LogP contribution in [0.25, 0.3) is 0 Å². The molecular formula is C15H12ClNO. The Balaban J connectivity index is 1.79. The first kappa shape index (κ1) is 11.5. The van der Waals surface area contributed by atoms with E-state index in [2.05, 4.69) is 5.32 Å². The molecular weight excluding hydrogens is 246 g/mol. The quantitative estimate of drug-likeness (QED) is 0.677. The third-order valence-corrected chi connectivity index (χ3v) is 3.51. The smallest absolute Gasteiger partial charge is 0.181 e. The number of hydrogen-bond donors (Lipinski definition) is 1. The van der Waals surface area contributed by atoms with Crippen molar-refractivity contribution in [2.45, 2.75) is 12.1 Å². The number of carbonyl (C=O) groups excluding carboxylic acids is 1. The number of hydrogen-bond acceptors (Lipinski definition) is 2. The lowest BCUT2D eigenvalue weighted by molar-refractivity contribution is 0.0988. The predicted octanol–water partition coefficient (Wildman–Crippen LogP) is 3.24. The van der Waals surface area contributed by atoms with E-state index in [4.69, 9.17) is 11.6 Å². The fourth-order valence-electron chi connectivity index (χ4n) is 2.14. The van der Waals surface area contributed by atoms with Crippen molar-refractivity contribution in [3.05, 3.63) is 70.7 Å². The summed E-state index contributed by atoms with van der Waals surface area (Å²) in [5.74, 6) is 0.125. The van der Waals surface area contributed by atoms with E-state index in [9.17, 15) is 4.79 Å². The van der Waals surface area contributed by atoms with Gasteiger partial charge in [-0.1, -0.05) is 60.1 Å². The molecule has 1 N–H and O–H groups in total. The van der Waals surface area contributed by atoms with Gasteiger partial charge in [0.15, 0.2) is 5.78 Å². The summed E-state index contributed by atoms with van der Waals surface area (Å²) in [4.78, 5) is 12.2. The summed E-state index contributed by atoms with van der Waals surface area (Å²) in [6, 6.07) is 16.9. The Hall–Kier alpha value is -1.64. The molecule has 1 saturated heterocycles. The summed E-state index contributed by atoms with van der Waals surface area (Å²) >= 11 is 6.12. The van der Waals surface area contributed by atoms with Crippen LogP contribution in [0.5, 0.6) is 0 Å². The zero-order valence-corrected chi connectivity index (χ0v) is 10.4. The molecule has 18 heavy (non-hydrogen) atoms. The second-order valence-electron chi connectivity index (χ2n) is 4.37. The Morgan fingerprint density at radius 2 is 1.67 bits per heavy atom. The lowest BCUT2D eigenvalue weighted by atomic mass is 10.0. The van der Waals surface area contributed by atoms with Crippen molar-refractivity contribution in [3.8, 4) is 0 Å². The minimum absolute atomic E-state index is 0.0476. The molecule has 0 bridgehead atoms. The van der Waals surface area contributed by atoms with E-state index in [-0.39, 0.29) is 17.9 Å². The lowest BCUT2D eigenvalue weighted by Gasteiger charge is -2.01. The molecule has 3 rings (SSSR count). The maximum absolute atomic E-state index is 12.2. The molecule has 1 heterocycles. The van der Waals surface area contributed by atoms with Crippen LogP contribution < -0.4 is 5.32 Å². The van der Waals surface area contributed by atoms with Crippen molar-refractivity contribution >= 4 is 17.4 Å². The van der Waals surface area contributed by atoms with Crippen molar-refractivity contribution < 1.29 is 4.79 Å². The van der Waals surface area contributed by atoms with Gasteiger partial charge in [-0.15, -0.1) is 0 Å². The van der Waals surface area contributed by atoms with Crippen LogP contribution in [0.1, 0.15) is 22.0 Å². The van der Waals surface area contributed by atoms with Gasteiger partial charge >= 0.3 is 0 Å². The maximum atomic E-state index is 12.2. The first-order chi connectivity index (χ1) is 8.77. The van der Waals surface area contributed by atoms with E-state index >= 15 is 0 Å². The van der Waals surface area contributed by atoms with Gasteiger partial charge in [0, 0.05) is 10.6 Å². The molecule has 1 fully saturated rings. The first-order valence-corrected chi connectivity index (χ1v) is 6.25. The summed E-state index contributed by atoms with van der Waals surface area (Å²) in [6.45, 7) is 0. The summed E-state index contributed by atoms with van der Waals surface area (Å²) in [6.07, 6.45) is 0. The summed E-state index contributed by atoms with van der Waals surface area (Å²) in [7, 11) is 0. The monoisotopic (exact) mass is 257 g/mol. The number of carbonyl (C=O) groups is 1. The van der Waals surface area contributed by atoms with Crippen LogP contribution in [-0.4, -0.2) is 11.8 Å². The summed E-state index contributed by atoms with van der Waals surface area (Å²) < 4.78 is 0. The van der Waals surface area contributed by atoms with Crippen molar-refractivity contribution in [3.63, 3.8) is 0 Å². The molecule has 1 aliphatic rings. The van der Waals surface area contributed by atoms with E-state index < -0.39 is 0 Å². The van der Waals surface area contributed by atoms with E-state index in [0.717, 1.165) is 11.1 Å². The minimum Gasteiger partial charge on any atom is -0.297 e. The maximum Gasteiger partial charge on any atom is 0.181 e. The Bertz CT molecular complexity index is 582. The fourth-order valence-corrected chi connectivity index (χ4v) is 2.40. The van der Waals surface area contributed by atoms with Crippen molar-refractivity contribution in [2.24, 2.45) is 0 Å². The van der Waals surface area contributed by atoms with Crippen molar-refractivity contribution in [2.75, 3.05) is 0 Å². The highest BCUT2D eigenvalue weighted by molar-refractivity contribution is 6.31. The van der Waals surface area contributed by atoms with Gasteiger partial charge in [0.05, 0.1) is 12.1 Å². The second kappa shape index (κ2) is 4.56. The molecule has 2 aromatic carbocycles. The largest absolute Gasteiger partial charge is 0.297 e. The van der Waals surface area contributed by atoms with E-state index in [1.54, 1.807) is 0 Å². The van der Waals surface area contributed by atoms with Crippen LogP contribution >= 0.6 is 11.6 Å². The second-order valence-corrected chi connectivity index (χ2v) is 4.78. The highest BCUT2D eigenvalue weighted by Crippen LogP contribution is 2.35. The van der Waals surface area contributed by atoms with Gasteiger partial charge in [0.25, 0.3) is 0 Å². The number of nitrogens with one attached hydrogen (secondary N) is 1. The third kappa shape index (κ3) is 2.05. The van der Waals surface area contributed by atoms with Crippen LogP contribution in [0.2, 0.25) is 5.02 Å². The summed E-state index contributed by atoms with van der Waals surface area (Å²) in [5.41, 5.74) is 1.73. The Labute approximate surface area is 111 Å². The highest BCUT2D eigenvalue weighted by Gasteiger charge is 2.44. The van der Waals surface area contributed by atoms with E-state index in [1.165, 1.54) is 0 Å². The first-order valence-electron chi connectivity index (χ1n) is 5.87. The molecule has 0 aromatic heterocycles. The Morgan fingerprint density at radius 1 is 1.00 bits per heavy atom. The molecule has 0 amide bonds. The van der Waals surface area contributed by atoms with Crippen molar-refractivity contribution in [1.29, 1.82) is 0 Å². The van der Waals surface area contributed by atoms with Gasteiger partial charge < -0.3 is 0 Å². The summed E-state index contributed by atoms with van der Waals surface area (Å²) in [5, 5.41) is 3.90. The standard InChI is InChI=1S/C15H12ClNO/c16-12-9-5-4-8-11(12)13-14(17-13)15(18)10-6-2-1-3-7-10/h1-9,13-14,17H/t13-,14+/m1/s1. The molecule has 0 saturated carbocycles. The molecule has 1 aliphatic heterocycles. The van der Waals surface area contributed by atoms with Gasteiger partial charge in [0.2, 0.25) is 0 Å². The molecule has 2 aromatic rings. The predicted molar refractivity (Wildman–Crippen MR) is 71.9 cm³/mol. The number of halogens is 1. The van der Waals surface area contributed by atoms with Gasteiger partial charge in [-0.2, -0.15) is 0 Å². The normalized spacial score (nSPS) is 21.6. The molecule has 3 heteroatoms. The SMILES string of the molecule is O=C(c1ccccc1)[C@H]1N[C@@H]1c1ccccc1Cl. The van der Waals surface area contributed by atoms with Gasteiger partial charge in [-0.05, 0) is 11.6 Å². The average molecular weight is 258 g/mol. The molecule has 2 nitrogen and oxygen atoms in total. The number of Topliss-reactive ketones (excluding diaryl/α,β-unsaturated/α-hetero) is 1. The van der Waals surface area contributed by atoms with Crippen LogP contribution in [0.3, 0.4) is 0 Å². The minimum atomic E-state index is -0.146. The molecule has 0 spiro atoms. The average Bonchev–Trinajstić information content (AvgIpc) is 3.20. The Kier molecular flexibility index (Phi) is 2.90. The lowest BCUT2D eigenvalue weighted by Crippen LogP contribution is -2.10. The number of ketones is 1. The van der Waals surface area contributed by atoms with Gasteiger partial charge in [-0.25, -0.2) is 0 Å². The Morgan fingerprint density at radius 3 is 2.39 bits per heavy atom. The number of benzene rings is 2. The van der Waals surface area contributed by atoms with Gasteiger partial charge in [-0.3, -0.25) is 10.1 Å². The zero-order chi connectivity index (χ0) is 12.5. The van der Waals surface area contributed by atoms with Crippen molar-refractivity contribution in [1.82, 2.24) is 5.32 Å². The molecule has 0 radical (unpaired) electrons. The van der Waals surface area contributed by atoms with Gasteiger partial charge in [0.1, 0.15) is 0 Å². The molecule has 2 atom stereocenters. The molecule has 90 valence electrons. The van der Waals surface area contributed by atoms with Crippen LogP contribution in [0.4, 0.5) is 0 Å².